The first-order chi connectivity index (χ1) is 10.3. The number of nitrogens with one attached hydrogen (secondary N) is 1. The standard InChI is InChI=1S/C18H28N2O/c1-3-20(13-14-5-4-10-19-12-14)18-9-7-15-6-8-16(21-2)11-17(15)18/h6,8,11,14,18-19H,3-5,7,9-10,12-13H2,1-2H3. The number of aryl methyl sites for hydroxylation is 1. The van der Waals surface area contributed by atoms with Crippen molar-refractivity contribution in [2.24, 2.45) is 5.92 Å². The molecule has 1 saturated heterocycles. The van der Waals surface area contributed by atoms with Gasteiger partial charge in [-0.2, -0.15) is 0 Å². The Kier molecular flexibility index (Phi) is 4.81. The van der Waals surface area contributed by atoms with Crippen molar-refractivity contribution < 1.29 is 4.74 Å². The highest BCUT2D eigenvalue weighted by atomic mass is 16.5. The zero-order valence-electron chi connectivity index (χ0n) is 13.4. The molecule has 0 bridgehead atoms. The molecular formula is C18H28N2O. The predicted octanol–water partition coefficient (Wildman–Crippen LogP) is 3.00. The Hall–Kier alpha value is -1.06. The van der Waals surface area contributed by atoms with E-state index in [0.717, 1.165) is 18.2 Å². The minimum Gasteiger partial charge on any atom is -0.497 e. The van der Waals surface area contributed by atoms with Gasteiger partial charge in [-0.15, -0.1) is 0 Å². The Morgan fingerprint density at radius 1 is 1.33 bits per heavy atom. The van der Waals surface area contributed by atoms with E-state index in [2.05, 4.69) is 35.3 Å². The Morgan fingerprint density at radius 2 is 2.24 bits per heavy atom. The van der Waals surface area contributed by atoms with E-state index in [9.17, 15) is 0 Å². The summed E-state index contributed by atoms with van der Waals surface area (Å²) in [5.74, 6) is 1.81. The third-order valence-electron chi connectivity index (χ3n) is 5.14. The summed E-state index contributed by atoms with van der Waals surface area (Å²) in [6.07, 6.45) is 5.18. The summed E-state index contributed by atoms with van der Waals surface area (Å²) in [4.78, 5) is 2.68. The molecule has 0 amide bonds. The lowest BCUT2D eigenvalue weighted by Crippen LogP contribution is -2.39. The minimum atomic E-state index is 0.585. The summed E-state index contributed by atoms with van der Waals surface area (Å²) in [6, 6.07) is 7.20. The van der Waals surface area contributed by atoms with Crippen molar-refractivity contribution in [1.29, 1.82) is 0 Å². The fourth-order valence-electron chi connectivity index (χ4n) is 3.95. The normalized spacial score (nSPS) is 25.1. The molecule has 116 valence electrons. The quantitative estimate of drug-likeness (QED) is 0.901. The lowest BCUT2D eigenvalue weighted by Gasteiger charge is -2.34. The van der Waals surface area contributed by atoms with Crippen LogP contribution >= 0.6 is 0 Å². The topological polar surface area (TPSA) is 24.5 Å². The van der Waals surface area contributed by atoms with Crippen molar-refractivity contribution in [1.82, 2.24) is 10.2 Å². The summed E-state index contributed by atoms with van der Waals surface area (Å²) < 4.78 is 5.42. The highest BCUT2D eigenvalue weighted by molar-refractivity contribution is 5.40. The molecule has 1 aliphatic heterocycles. The maximum atomic E-state index is 5.42. The van der Waals surface area contributed by atoms with Gasteiger partial charge >= 0.3 is 0 Å². The first-order valence-corrected chi connectivity index (χ1v) is 8.43. The molecule has 0 spiro atoms. The second kappa shape index (κ2) is 6.80. The van der Waals surface area contributed by atoms with Gasteiger partial charge in [-0.3, -0.25) is 4.90 Å². The van der Waals surface area contributed by atoms with E-state index in [0.29, 0.717) is 6.04 Å². The van der Waals surface area contributed by atoms with Crippen LogP contribution in [-0.4, -0.2) is 38.2 Å². The molecule has 1 aromatic carbocycles. The van der Waals surface area contributed by atoms with Crippen molar-refractivity contribution in [2.45, 2.75) is 38.6 Å². The van der Waals surface area contributed by atoms with Crippen LogP contribution in [0.25, 0.3) is 0 Å². The zero-order chi connectivity index (χ0) is 14.7. The Labute approximate surface area is 128 Å². The molecule has 0 radical (unpaired) electrons. The highest BCUT2D eigenvalue weighted by Crippen LogP contribution is 2.38. The van der Waals surface area contributed by atoms with Gasteiger partial charge in [0.15, 0.2) is 0 Å². The van der Waals surface area contributed by atoms with Gasteiger partial charge in [0.25, 0.3) is 0 Å². The summed E-state index contributed by atoms with van der Waals surface area (Å²) in [6.45, 7) is 7.05. The van der Waals surface area contributed by atoms with Crippen molar-refractivity contribution in [3.63, 3.8) is 0 Å². The number of ether oxygens (including phenoxy) is 1. The van der Waals surface area contributed by atoms with E-state index in [1.165, 1.54) is 56.4 Å². The van der Waals surface area contributed by atoms with Crippen LogP contribution in [0.5, 0.6) is 5.75 Å². The van der Waals surface area contributed by atoms with Gasteiger partial charge in [0, 0.05) is 12.6 Å². The molecule has 21 heavy (non-hydrogen) atoms. The zero-order valence-corrected chi connectivity index (χ0v) is 13.4. The van der Waals surface area contributed by atoms with Gasteiger partial charge in [-0.1, -0.05) is 13.0 Å². The number of methoxy groups -OCH3 is 1. The number of fused-ring (bicyclic) bond motifs is 1. The van der Waals surface area contributed by atoms with Crippen LogP contribution in [-0.2, 0) is 6.42 Å². The number of hydrogen-bond acceptors (Lipinski definition) is 3. The van der Waals surface area contributed by atoms with E-state index >= 15 is 0 Å². The van der Waals surface area contributed by atoms with Gasteiger partial charge in [0.2, 0.25) is 0 Å². The maximum Gasteiger partial charge on any atom is 0.119 e. The Bertz CT molecular complexity index is 468. The molecule has 2 aliphatic rings. The van der Waals surface area contributed by atoms with Crippen molar-refractivity contribution in [2.75, 3.05) is 33.3 Å². The Balaban J connectivity index is 1.73. The average molecular weight is 288 g/mol. The van der Waals surface area contributed by atoms with Crippen molar-refractivity contribution >= 4 is 0 Å². The first kappa shape index (κ1) is 14.9. The molecule has 0 aromatic heterocycles. The molecule has 3 heteroatoms. The van der Waals surface area contributed by atoms with Crippen molar-refractivity contribution in [3.8, 4) is 5.75 Å². The molecule has 1 heterocycles. The third-order valence-corrected chi connectivity index (χ3v) is 5.14. The molecule has 2 unspecified atom stereocenters. The molecule has 2 atom stereocenters. The van der Waals surface area contributed by atoms with Gasteiger partial charge in [-0.05, 0) is 74.5 Å². The van der Waals surface area contributed by atoms with Gasteiger partial charge in [-0.25, -0.2) is 0 Å². The highest BCUT2D eigenvalue weighted by Gasteiger charge is 2.29. The molecule has 1 fully saturated rings. The molecule has 3 rings (SSSR count). The number of piperidine rings is 1. The van der Waals surface area contributed by atoms with Crippen LogP contribution in [0.15, 0.2) is 18.2 Å². The molecule has 1 aliphatic carbocycles. The van der Waals surface area contributed by atoms with Crippen LogP contribution in [0, 0.1) is 5.92 Å². The van der Waals surface area contributed by atoms with E-state index < -0.39 is 0 Å². The summed E-state index contributed by atoms with van der Waals surface area (Å²) in [5.41, 5.74) is 3.01. The fraction of sp³-hybridized carbons (Fsp3) is 0.667. The van der Waals surface area contributed by atoms with Gasteiger partial charge < -0.3 is 10.1 Å². The minimum absolute atomic E-state index is 0.585. The van der Waals surface area contributed by atoms with Crippen molar-refractivity contribution in [3.05, 3.63) is 29.3 Å². The Morgan fingerprint density at radius 3 is 2.95 bits per heavy atom. The largest absolute Gasteiger partial charge is 0.497 e. The first-order valence-electron chi connectivity index (χ1n) is 8.43. The number of benzene rings is 1. The lowest BCUT2D eigenvalue weighted by molar-refractivity contribution is 0.160. The monoisotopic (exact) mass is 288 g/mol. The van der Waals surface area contributed by atoms with Gasteiger partial charge in [0.1, 0.15) is 5.75 Å². The van der Waals surface area contributed by atoms with E-state index in [1.807, 2.05) is 0 Å². The van der Waals surface area contributed by atoms with Crippen LogP contribution in [0.2, 0.25) is 0 Å². The summed E-state index contributed by atoms with van der Waals surface area (Å²) in [7, 11) is 1.76. The fourth-order valence-corrected chi connectivity index (χ4v) is 3.95. The molecular weight excluding hydrogens is 260 g/mol. The lowest BCUT2D eigenvalue weighted by atomic mass is 9.97. The third kappa shape index (κ3) is 3.24. The van der Waals surface area contributed by atoms with Gasteiger partial charge in [0.05, 0.1) is 7.11 Å². The summed E-state index contributed by atoms with van der Waals surface area (Å²) >= 11 is 0. The molecule has 1 aromatic rings. The number of hydrogen-bond donors (Lipinski definition) is 1. The van der Waals surface area contributed by atoms with E-state index in [4.69, 9.17) is 4.74 Å². The average Bonchev–Trinajstić information content (AvgIpc) is 2.96. The van der Waals surface area contributed by atoms with Crippen LogP contribution in [0.4, 0.5) is 0 Å². The maximum absolute atomic E-state index is 5.42. The van der Waals surface area contributed by atoms with E-state index in [1.54, 1.807) is 7.11 Å². The van der Waals surface area contributed by atoms with E-state index in [-0.39, 0.29) is 0 Å². The predicted molar refractivity (Wildman–Crippen MR) is 86.9 cm³/mol. The van der Waals surface area contributed by atoms with Crippen LogP contribution in [0.1, 0.15) is 43.4 Å². The SMILES string of the molecule is CCN(CC1CCCNC1)C1CCc2ccc(OC)cc21. The molecule has 0 saturated carbocycles. The molecule has 3 nitrogen and oxygen atoms in total. The van der Waals surface area contributed by atoms with Crippen LogP contribution in [0.3, 0.4) is 0 Å². The number of rotatable bonds is 5. The second-order valence-corrected chi connectivity index (χ2v) is 6.42. The van der Waals surface area contributed by atoms with Crippen LogP contribution < -0.4 is 10.1 Å². The second-order valence-electron chi connectivity index (χ2n) is 6.42. The molecule has 1 N–H and O–H groups in total. The summed E-state index contributed by atoms with van der Waals surface area (Å²) in [5, 5.41) is 3.55. The number of nitrogens with zero attached hydrogens (tertiary/aromatic N) is 1. The smallest absolute Gasteiger partial charge is 0.119 e.